The number of para-hydroxylation sites is 1. The zero-order chi connectivity index (χ0) is 31.9. The smallest absolute Gasteiger partial charge is 0.417 e. The van der Waals surface area contributed by atoms with Crippen molar-refractivity contribution in [2.75, 3.05) is 0 Å². The van der Waals surface area contributed by atoms with Crippen LogP contribution in [0.2, 0.25) is 0 Å². The molecular formula is C32H19F9N2O. The van der Waals surface area contributed by atoms with Crippen molar-refractivity contribution in [3.05, 3.63) is 125 Å². The number of nitrogens with zero attached hydrogens (tertiary/aromatic N) is 2. The molecule has 0 bridgehead atoms. The van der Waals surface area contributed by atoms with Gasteiger partial charge in [-0.1, -0.05) is 36.4 Å². The highest BCUT2D eigenvalue weighted by Crippen LogP contribution is 2.48. The van der Waals surface area contributed by atoms with Crippen LogP contribution in [-0.4, -0.2) is 15.1 Å². The Kier molecular flexibility index (Phi) is 7.87. The van der Waals surface area contributed by atoms with Crippen LogP contribution in [0.15, 0.2) is 97.2 Å². The maximum Gasteiger partial charge on any atom is 0.417 e. The van der Waals surface area contributed by atoms with Crippen molar-refractivity contribution < 1.29 is 44.6 Å². The number of aromatic hydroxyl groups is 1. The maximum atomic E-state index is 14.2. The van der Waals surface area contributed by atoms with Crippen LogP contribution in [-0.2, 0) is 24.9 Å². The molecule has 0 radical (unpaired) electrons. The third-order valence-corrected chi connectivity index (χ3v) is 6.72. The van der Waals surface area contributed by atoms with Crippen LogP contribution >= 0.6 is 0 Å². The predicted molar refractivity (Wildman–Crippen MR) is 144 cm³/mol. The minimum atomic E-state index is -5.58. The van der Waals surface area contributed by atoms with Gasteiger partial charge >= 0.3 is 18.5 Å². The molecule has 0 saturated heterocycles. The summed E-state index contributed by atoms with van der Waals surface area (Å²) in [5.41, 5.74) is -6.84. The number of aromatic nitrogens is 2. The molecule has 0 unspecified atom stereocenters. The third-order valence-electron chi connectivity index (χ3n) is 6.72. The minimum absolute atomic E-state index is 0.0897. The second-order valence-electron chi connectivity index (χ2n) is 9.79. The van der Waals surface area contributed by atoms with Gasteiger partial charge in [0.2, 0.25) is 0 Å². The van der Waals surface area contributed by atoms with Gasteiger partial charge in [0, 0.05) is 23.7 Å². The molecule has 2 heterocycles. The van der Waals surface area contributed by atoms with Crippen LogP contribution < -0.4 is 0 Å². The van der Waals surface area contributed by atoms with E-state index in [0.717, 1.165) is 12.1 Å². The molecule has 0 aliphatic rings. The summed E-state index contributed by atoms with van der Waals surface area (Å²) in [5.74, 6) is -0.170. The average molecular weight is 618 g/mol. The third kappa shape index (κ3) is 6.53. The minimum Gasteiger partial charge on any atom is -0.508 e. The van der Waals surface area contributed by atoms with E-state index >= 15 is 0 Å². The van der Waals surface area contributed by atoms with Gasteiger partial charge < -0.3 is 5.11 Å². The van der Waals surface area contributed by atoms with Gasteiger partial charge in [-0.3, -0.25) is 4.98 Å². The lowest BCUT2D eigenvalue weighted by Gasteiger charge is -2.22. The van der Waals surface area contributed by atoms with E-state index in [1.807, 2.05) is 0 Å². The molecule has 0 aliphatic heterocycles. The van der Waals surface area contributed by atoms with Gasteiger partial charge in [0.25, 0.3) is 0 Å². The normalized spacial score (nSPS) is 12.4. The molecule has 0 atom stereocenters. The van der Waals surface area contributed by atoms with Crippen molar-refractivity contribution in [2.24, 2.45) is 0 Å². The Bertz CT molecular complexity index is 1780. The molecule has 0 spiro atoms. The van der Waals surface area contributed by atoms with Gasteiger partial charge in [-0.2, -0.15) is 39.5 Å². The van der Waals surface area contributed by atoms with Crippen molar-refractivity contribution in [3.63, 3.8) is 0 Å². The Labute approximate surface area is 244 Å². The first-order valence-corrected chi connectivity index (χ1v) is 12.8. The summed E-state index contributed by atoms with van der Waals surface area (Å²) in [4.78, 5) is 8.70. The number of halogens is 9. The van der Waals surface area contributed by atoms with Crippen molar-refractivity contribution in [1.82, 2.24) is 9.97 Å². The summed E-state index contributed by atoms with van der Waals surface area (Å²) in [6.07, 6.45) is -15.3. The first-order valence-electron chi connectivity index (χ1n) is 12.8. The van der Waals surface area contributed by atoms with Crippen LogP contribution in [0.4, 0.5) is 39.5 Å². The quantitative estimate of drug-likeness (QED) is 0.200. The Morgan fingerprint density at radius 3 is 1.75 bits per heavy atom. The van der Waals surface area contributed by atoms with Gasteiger partial charge in [-0.05, 0) is 71.3 Å². The largest absolute Gasteiger partial charge is 0.508 e. The number of benzene rings is 3. The van der Waals surface area contributed by atoms with Gasteiger partial charge in [-0.15, -0.1) is 0 Å². The highest BCUT2D eigenvalue weighted by Gasteiger charge is 2.45. The lowest BCUT2D eigenvalue weighted by molar-refractivity contribution is -0.147. The summed E-state index contributed by atoms with van der Waals surface area (Å²) in [6, 6.07) is 18.6. The van der Waals surface area contributed by atoms with Gasteiger partial charge in [-0.25, -0.2) is 4.98 Å². The SMILES string of the molecule is Oc1ccccc1Cc1cc(-c2cccc(-c3ccccn3)n2)cc(-c2c(C(F)(F)F)cc(C(F)(F)F)cc2C(F)(F)F)c1. The van der Waals surface area contributed by atoms with Gasteiger partial charge in [0.1, 0.15) is 5.75 Å². The number of hydrogen-bond donors (Lipinski definition) is 1. The Balaban J connectivity index is 1.81. The summed E-state index contributed by atoms with van der Waals surface area (Å²) < 4.78 is 126. The van der Waals surface area contributed by atoms with Crippen molar-refractivity contribution in [3.8, 4) is 39.5 Å². The zero-order valence-corrected chi connectivity index (χ0v) is 22.2. The fourth-order valence-electron chi connectivity index (χ4n) is 4.78. The van der Waals surface area contributed by atoms with Crippen LogP contribution in [0.5, 0.6) is 5.75 Å². The number of phenols is 1. The number of hydrogen-bond acceptors (Lipinski definition) is 3. The molecule has 1 N–H and O–H groups in total. The predicted octanol–water partition coefficient (Wildman–Crippen LogP) is 9.83. The molecule has 44 heavy (non-hydrogen) atoms. The monoisotopic (exact) mass is 618 g/mol. The molecule has 5 rings (SSSR count). The number of rotatable bonds is 5. The standard InChI is InChI=1S/C32H19F9N2O/c33-30(34,35)22-16-23(31(36,37)38)29(24(17-22)32(39,40)41)21-14-18(12-19-6-1-2-10-28(19)44)13-20(15-21)25-8-5-9-27(43-25)26-7-3-4-11-42-26/h1-11,13-17,44H,12H2. The highest BCUT2D eigenvalue weighted by molar-refractivity contribution is 5.79. The fraction of sp³-hybridized carbons (Fsp3) is 0.125. The lowest BCUT2D eigenvalue weighted by atomic mass is 9.88. The number of phenolic OH excluding ortho intramolecular Hbond substituents is 1. The van der Waals surface area contributed by atoms with Crippen molar-refractivity contribution in [2.45, 2.75) is 24.9 Å². The Morgan fingerprint density at radius 2 is 1.16 bits per heavy atom. The summed E-state index contributed by atoms with van der Waals surface area (Å²) in [6.45, 7) is 0. The first-order chi connectivity index (χ1) is 20.6. The van der Waals surface area contributed by atoms with Crippen molar-refractivity contribution in [1.29, 1.82) is 0 Å². The topological polar surface area (TPSA) is 46.0 Å². The second kappa shape index (κ2) is 11.3. The molecule has 0 amide bonds. The molecule has 0 aliphatic carbocycles. The zero-order valence-electron chi connectivity index (χ0n) is 22.2. The maximum absolute atomic E-state index is 14.2. The molecule has 5 aromatic rings. The van der Waals surface area contributed by atoms with E-state index in [1.54, 1.807) is 36.4 Å². The molecule has 2 aromatic heterocycles. The Hall–Kier alpha value is -4.87. The van der Waals surface area contributed by atoms with E-state index in [4.69, 9.17) is 0 Å². The fourth-order valence-corrected chi connectivity index (χ4v) is 4.78. The van der Waals surface area contributed by atoms with Crippen LogP contribution in [0.3, 0.4) is 0 Å². The van der Waals surface area contributed by atoms with E-state index in [1.165, 1.54) is 36.5 Å². The number of alkyl halides is 9. The molecule has 0 fully saturated rings. The summed E-state index contributed by atoms with van der Waals surface area (Å²) in [5, 5.41) is 10.3. The van der Waals surface area contributed by atoms with Gasteiger partial charge in [0.05, 0.1) is 33.8 Å². The van der Waals surface area contributed by atoms with Crippen molar-refractivity contribution >= 4 is 0 Å². The molecular weight excluding hydrogens is 599 g/mol. The van der Waals surface area contributed by atoms with E-state index in [-0.39, 0.29) is 41.1 Å². The molecule has 226 valence electrons. The van der Waals surface area contributed by atoms with E-state index in [9.17, 15) is 44.6 Å². The average Bonchev–Trinajstić information content (AvgIpc) is 2.96. The Morgan fingerprint density at radius 1 is 0.568 bits per heavy atom. The molecule has 3 aromatic carbocycles. The first kappa shape index (κ1) is 30.6. The van der Waals surface area contributed by atoms with E-state index < -0.39 is 46.3 Å². The highest BCUT2D eigenvalue weighted by atomic mass is 19.4. The van der Waals surface area contributed by atoms with E-state index in [0.29, 0.717) is 17.0 Å². The van der Waals surface area contributed by atoms with Gasteiger partial charge in [0.15, 0.2) is 0 Å². The van der Waals surface area contributed by atoms with E-state index in [2.05, 4.69) is 9.97 Å². The summed E-state index contributed by atoms with van der Waals surface area (Å²) >= 11 is 0. The molecule has 12 heteroatoms. The lowest BCUT2D eigenvalue weighted by Crippen LogP contribution is -2.18. The summed E-state index contributed by atoms with van der Waals surface area (Å²) in [7, 11) is 0. The van der Waals surface area contributed by atoms with Crippen LogP contribution in [0, 0.1) is 0 Å². The molecule has 0 saturated carbocycles. The molecule has 3 nitrogen and oxygen atoms in total. The number of pyridine rings is 2. The van der Waals surface area contributed by atoms with Crippen LogP contribution in [0.1, 0.15) is 27.8 Å². The second-order valence-corrected chi connectivity index (χ2v) is 9.79. The van der Waals surface area contributed by atoms with Crippen LogP contribution in [0.25, 0.3) is 33.8 Å².